The van der Waals surface area contributed by atoms with E-state index < -0.39 is 16.3 Å². The second kappa shape index (κ2) is 6.55. The Hall–Kier alpha value is -1.44. The van der Waals surface area contributed by atoms with E-state index >= 15 is 0 Å². The Morgan fingerprint density at radius 3 is 2.57 bits per heavy atom. The van der Waals surface area contributed by atoms with Crippen LogP contribution in [0.5, 0.6) is 0 Å². The molecule has 1 amide bonds. The highest BCUT2D eigenvalue weighted by molar-refractivity contribution is 7.87. The Labute approximate surface area is 125 Å². The Morgan fingerprint density at radius 1 is 1.29 bits per heavy atom. The molecule has 1 saturated heterocycles. The second-order valence-corrected chi connectivity index (χ2v) is 6.73. The van der Waals surface area contributed by atoms with Gasteiger partial charge in [0.15, 0.2) is 0 Å². The van der Waals surface area contributed by atoms with Gasteiger partial charge in [-0.2, -0.15) is 13.1 Å². The molecule has 2 rings (SSSR count). The molecule has 1 aliphatic rings. The second-order valence-electron chi connectivity index (χ2n) is 5.20. The number of carbonyl (C=O) groups excluding carboxylic acids is 1. The van der Waals surface area contributed by atoms with Gasteiger partial charge in [-0.15, -0.1) is 0 Å². The molecule has 0 saturated carbocycles. The molecule has 6 nitrogen and oxygen atoms in total. The van der Waals surface area contributed by atoms with E-state index in [9.17, 15) is 13.2 Å². The summed E-state index contributed by atoms with van der Waals surface area (Å²) in [4.78, 5) is 14.1. The number of hydrogen-bond donors (Lipinski definition) is 2. The molecule has 1 heterocycles. The van der Waals surface area contributed by atoms with Crippen molar-refractivity contribution in [2.24, 2.45) is 0 Å². The summed E-state index contributed by atoms with van der Waals surface area (Å²) in [5.74, 6) is -0.212. The minimum atomic E-state index is -3.64. The minimum absolute atomic E-state index is 0.0428. The number of para-hydroxylation sites is 1. The van der Waals surface area contributed by atoms with E-state index in [-0.39, 0.29) is 11.9 Å². The van der Waals surface area contributed by atoms with Gasteiger partial charge in [-0.1, -0.05) is 25.1 Å². The van der Waals surface area contributed by atoms with Gasteiger partial charge in [0.05, 0.1) is 0 Å². The standard InChI is InChI=1S/C14H21N3O3S/c1-3-9-15-21(19,20)16-13-10-11(2)17(14(13)18)12-7-5-4-6-8-12/h4-8,11,13,15-16H,3,9-10H2,1-2H3. The van der Waals surface area contributed by atoms with E-state index in [1.54, 1.807) is 4.90 Å². The van der Waals surface area contributed by atoms with Crippen LogP contribution in [0.3, 0.4) is 0 Å². The third kappa shape index (κ3) is 3.81. The number of amides is 1. The third-order valence-electron chi connectivity index (χ3n) is 3.43. The fourth-order valence-corrected chi connectivity index (χ4v) is 3.59. The summed E-state index contributed by atoms with van der Waals surface area (Å²) in [5.41, 5.74) is 0.790. The van der Waals surface area contributed by atoms with Gasteiger partial charge in [-0.3, -0.25) is 4.79 Å². The summed E-state index contributed by atoms with van der Waals surface area (Å²) in [6.07, 6.45) is 1.16. The summed E-state index contributed by atoms with van der Waals surface area (Å²) in [6, 6.07) is 8.53. The van der Waals surface area contributed by atoms with Crippen LogP contribution >= 0.6 is 0 Å². The highest BCUT2D eigenvalue weighted by Gasteiger charge is 2.39. The van der Waals surface area contributed by atoms with Crippen molar-refractivity contribution < 1.29 is 13.2 Å². The van der Waals surface area contributed by atoms with Crippen LogP contribution in [0.15, 0.2) is 30.3 Å². The zero-order chi connectivity index (χ0) is 15.5. The number of benzene rings is 1. The SMILES string of the molecule is CCCNS(=O)(=O)NC1CC(C)N(c2ccccc2)C1=O. The lowest BCUT2D eigenvalue weighted by molar-refractivity contribution is -0.118. The quantitative estimate of drug-likeness (QED) is 0.823. The highest BCUT2D eigenvalue weighted by Crippen LogP contribution is 2.26. The van der Waals surface area contributed by atoms with Gasteiger partial charge in [0.1, 0.15) is 6.04 Å². The number of anilines is 1. The molecule has 0 bridgehead atoms. The molecule has 2 N–H and O–H groups in total. The first-order valence-electron chi connectivity index (χ1n) is 7.09. The Morgan fingerprint density at radius 2 is 1.95 bits per heavy atom. The zero-order valence-corrected chi connectivity index (χ0v) is 13.1. The molecule has 21 heavy (non-hydrogen) atoms. The molecule has 1 aliphatic heterocycles. The number of nitrogens with one attached hydrogen (secondary N) is 2. The lowest BCUT2D eigenvalue weighted by atomic mass is 10.2. The van der Waals surface area contributed by atoms with Crippen LogP contribution in [-0.4, -0.2) is 33.0 Å². The van der Waals surface area contributed by atoms with Crippen LogP contribution in [0, 0.1) is 0 Å². The molecule has 0 radical (unpaired) electrons. The van der Waals surface area contributed by atoms with Crippen LogP contribution < -0.4 is 14.3 Å². The topological polar surface area (TPSA) is 78.5 Å². The average Bonchev–Trinajstić information content (AvgIpc) is 2.71. The molecule has 2 atom stereocenters. The fraction of sp³-hybridized carbons (Fsp3) is 0.500. The first kappa shape index (κ1) is 15.9. The van der Waals surface area contributed by atoms with Gasteiger partial charge >= 0.3 is 0 Å². The number of nitrogens with zero attached hydrogens (tertiary/aromatic N) is 1. The van der Waals surface area contributed by atoms with Crippen LogP contribution in [-0.2, 0) is 15.0 Å². The van der Waals surface area contributed by atoms with Crippen molar-refractivity contribution >= 4 is 21.8 Å². The highest BCUT2D eigenvalue weighted by atomic mass is 32.2. The molecular weight excluding hydrogens is 290 g/mol. The van der Waals surface area contributed by atoms with Crippen molar-refractivity contribution in [1.29, 1.82) is 0 Å². The smallest absolute Gasteiger partial charge is 0.277 e. The van der Waals surface area contributed by atoms with Gasteiger partial charge < -0.3 is 4.90 Å². The van der Waals surface area contributed by atoms with Crippen LogP contribution in [0.2, 0.25) is 0 Å². The maximum atomic E-state index is 12.4. The fourth-order valence-electron chi connectivity index (χ4n) is 2.47. The molecule has 0 aromatic heterocycles. The Balaban J connectivity index is 2.10. The molecule has 0 spiro atoms. The van der Waals surface area contributed by atoms with Crippen molar-refractivity contribution in [2.45, 2.75) is 38.8 Å². The van der Waals surface area contributed by atoms with Gasteiger partial charge in [-0.05, 0) is 31.9 Å². The summed E-state index contributed by atoms with van der Waals surface area (Å²) < 4.78 is 28.6. The van der Waals surface area contributed by atoms with Crippen molar-refractivity contribution in [1.82, 2.24) is 9.44 Å². The van der Waals surface area contributed by atoms with E-state index in [0.29, 0.717) is 19.4 Å². The number of rotatable bonds is 6. The lowest BCUT2D eigenvalue weighted by Gasteiger charge is -2.21. The summed E-state index contributed by atoms with van der Waals surface area (Å²) in [5, 5.41) is 0. The van der Waals surface area contributed by atoms with Crippen LogP contribution in [0.25, 0.3) is 0 Å². The van der Waals surface area contributed by atoms with E-state index in [1.807, 2.05) is 44.2 Å². The van der Waals surface area contributed by atoms with E-state index in [4.69, 9.17) is 0 Å². The van der Waals surface area contributed by atoms with Gasteiger partial charge in [-0.25, -0.2) is 4.72 Å². The Kier molecular flexibility index (Phi) is 4.97. The zero-order valence-electron chi connectivity index (χ0n) is 12.2. The third-order valence-corrected chi connectivity index (χ3v) is 4.61. The van der Waals surface area contributed by atoms with Crippen molar-refractivity contribution in [3.05, 3.63) is 30.3 Å². The molecule has 2 unspecified atom stereocenters. The van der Waals surface area contributed by atoms with Gasteiger partial charge in [0, 0.05) is 18.3 Å². The van der Waals surface area contributed by atoms with E-state index in [0.717, 1.165) is 5.69 Å². The van der Waals surface area contributed by atoms with Crippen LogP contribution in [0.4, 0.5) is 5.69 Å². The first-order valence-corrected chi connectivity index (χ1v) is 8.58. The van der Waals surface area contributed by atoms with Crippen molar-refractivity contribution in [3.63, 3.8) is 0 Å². The van der Waals surface area contributed by atoms with E-state index in [1.165, 1.54) is 0 Å². The minimum Gasteiger partial charge on any atom is -0.308 e. The van der Waals surface area contributed by atoms with Crippen LogP contribution in [0.1, 0.15) is 26.7 Å². The molecule has 1 aromatic rings. The molecule has 1 aromatic carbocycles. The van der Waals surface area contributed by atoms with Gasteiger partial charge in [0.2, 0.25) is 5.91 Å². The molecule has 7 heteroatoms. The van der Waals surface area contributed by atoms with Gasteiger partial charge in [0.25, 0.3) is 10.2 Å². The van der Waals surface area contributed by atoms with E-state index in [2.05, 4.69) is 9.44 Å². The monoisotopic (exact) mass is 311 g/mol. The van der Waals surface area contributed by atoms with Crippen molar-refractivity contribution in [2.75, 3.05) is 11.4 Å². The molecule has 1 fully saturated rings. The normalized spacial score (nSPS) is 22.8. The average molecular weight is 311 g/mol. The largest absolute Gasteiger partial charge is 0.308 e. The summed E-state index contributed by atoms with van der Waals surface area (Å²) in [6.45, 7) is 4.15. The predicted molar refractivity (Wildman–Crippen MR) is 82.1 cm³/mol. The molecule has 116 valence electrons. The maximum Gasteiger partial charge on any atom is 0.277 e. The predicted octanol–water partition coefficient (Wildman–Crippen LogP) is 1.01. The summed E-state index contributed by atoms with van der Waals surface area (Å²) in [7, 11) is -3.64. The molecule has 0 aliphatic carbocycles. The number of hydrogen-bond acceptors (Lipinski definition) is 3. The number of carbonyl (C=O) groups is 1. The Bertz CT molecular complexity index is 589. The summed E-state index contributed by atoms with van der Waals surface area (Å²) >= 11 is 0. The van der Waals surface area contributed by atoms with Crippen molar-refractivity contribution in [3.8, 4) is 0 Å². The lowest BCUT2D eigenvalue weighted by Crippen LogP contribution is -2.46. The first-order chi connectivity index (χ1) is 9.94. The molecular formula is C14H21N3O3S. The maximum absolute atomic E-state index is 12.4.